The Kier molecular flexibility index (Phi) is 4.77. The average molecular weight is 297 g/mol. The SMILES string of the molecule is CNc1c(F)cc(C(=O)N(C)CC2CCCN2C)cc1F. The second-order valence-corrected chi connectivity index (χ2v) is 5.53. The summed E-state index contributed by atoms with van der Waals surface area (Å²) in [6, 6.07) is 2.46. The number of hydrogen-bond acceptors (Lipinski definition) is 3. The Morgan fingerprint density at radius 3 is 2.52 bits per heavy atom. The molecule has 1 aliphatic heterocycles. The third-order valence-electron chi connectivity index (χ3n) is 4.04. The summed E-state index contributed by atoms with van der Waals surface area (Å²) < 4.78 is 27.4. The number of halogens is 2. The molecule has 1 atom stereocenters. The van der Waals surface area contributed by atoms with Crippen LogP contribution in [0.25, 0.3) is 0 Å². The van der Waals surface area contributed by atoms with Crippen LogP contribution in [0.5, 0.6) is 0 Å². The Labute approximate surface area is 123 Å². The largest absolute Gasteiger partial charge is 0.383 e. The molecule has 4 nitrogen and oxygen atoms in total. The number of likely N-dealkylation sites (tertiary alicyclic amines) is 1. The van der Waals surface area contributed by atoms with E-state index in [4.69, 9.17) is 0 Å². The number of nitrogens with zero attached hydrogens (tertiary/aromatic N) is 2. The lowest BCUT2D eigenvalue weighted by molar-refractivity contribution is 0.0760. The van der Waals surface area contributed by atoms with E-state index in [9.17, 15) is 13.6 Å². The van der Waals surface area contributed by atoms with Crippen molar-refractivity contribution < 1.29 is 13.6 Å². The van der Waals surface area contributed by atoms with Crippen LogP contribution < -0.4 is 5.32 Å². The lowest BCUT2D eigenvalue weighted by Crippen LogP contribution is -2.39. The molecule has 1 amide bonds. The smallest absolute Gasteiger partial charge is 0.253 e. The topological polar surface area (TPSA) is 35.6 Å². The number of hydrogen-bond donors (Lipinski definition) is 1. The monoisotopic (exact) mass is 297 g/mol. The Hall–Kier alpha value is -1.69. The summed E-state index contributed by atoms with van der Waals surface area (Å²) in [7, 11) is 5.12. The van der Waals surface area contributed by atoms with Crippen molar-refractivity contribution in [2.24, 2.45) is 0 Å². The van der Waals surface area contributed by atoms with Crippen LogP contribution in [-0.4, -0.2) is 56.0 Å². The molecule has 1 aliphatic rings. The maximum Gasteiger partial charge on any atom is 0.253 e. The second kappa shape index (κ2) is 6.39. The molecule has 1 saturated heterocycles. The van der Waals surface area contributed by atoms with Crippen LogP contribution in [0.15, 0.2) is 12.1 Å². The quantitative estimate of drug-likeness (QED) is 0.925. The van der Waals surface area contributed by atoms with Crippen LogP contribution in [0.2, 0.25) is 0 Å². The maximum atomic E-state index is 13.7. The first-order valence-corrected chi connectivity index (χ1v) is 7.06. The van der Waals surface area contributed by atoms with Gasteiger partial charge in [-0.15, -0.1) is 0 Å². The summed E-state index contributed by atoms with van der Waals surface area (Å²) >= 11 is 0. The number of carbonyl (C=O) groups is 1. The number of anilines is 1. The molecule has 1 aromatic rings. The molecular weight excluding hydrogens is 276 g/mol. The van der Waals surface area contributed by atoms with E-state index >= 15 is 0 Å². The minimum absolute atomic E-state index is 0.0344. The highest BCUT2D eigenvalue weighted by Crippen LogP contribution is 2.22. The van der Waals surface area contributed by atoms with Crippen molar-refractivity contribution in [3.8, 4) is 0 Å². The van der Waals surface area contributed by atoms with Crippen molar-refractivity contribution in [1.29, 1.82) is 0 Å². The zero-order valence-electron chi connectivity index (χ0n) is 12.6. The average Bonchev–Trinajstić information content (AvgIpc) is 2.83. The highest BCUT2D eigenvalue weighted by atomic mass is 19.1. The zero-order valence-corrected chi connectivity index (χ0v) is 12.6. The zero-order chi connectivity index (χ0) is 15.6. The highest BCUT2D eigenvalue weighted by molar-refractivity contribution is 5.94. The first kappa shape index (κ1) is 15.7. The third kappa shape index (κ3) is 3.32. The Morgan fingerprint density at radius 1 is 1.43 bits per heavy atom. The molecular formula is C15H21F2N3O. The molecule has 2 rings (SSSR count). The van der Waals surface area contributed by atoms with Crippen LogP contribution in [-0.2, 0) is 0 Å². The molecule has 0 spiro atoms. The minimum Gasteiger partial charge on any atom is -0.383 e. The predicted octanol–water partition coefficient (Wildman–Crippen LogP) is 2.17. The molecule has 1 aromatic carbocycles. The summed E-state index contributed by atoms with van der Waals surface area (Å²) in [6.07, 6.45) is 2.15. The summed E-state index contributed by atoms with van der Waals surface area (Å²) in [5.41, 5.74) is -0.183. The van der Waals surface area contributed by atoms with E-state index in [2.05, 4.69) is 10.2 Å². The highest BCUT2D eigenvalue weighted by Gasteiger charge is 2.25. The molecule has 1 unspecified atom stereocenters. The Morgan fingerprint density at radius 2 is 2.05 bits per heavy atom. The molecule has 21 heavy (non-hydrogen) atoms. The van der Waals surface area contributed by atoms with Gasteiger partial charge in [0.25, 0.3) is 5.91 Å². The van der Waals surface area contributed by atoms with Gasteiger partial charge in [-0.25, -0.2) is 8.78 Å². The number of carbonyl (C=O) groups excluding carboxylic acids is 1. The van der Waals surface area contributed by atoms with Gasteiger partial charge in [-0.1, -0.05) is 0 Å². The molecule has 1 N–H and O–H groups in total. The summed E-state index contributed by atoms with van der Waals surface area (Å²) in [5, 5.41) is 2.44. The van der Waals surface area contributed by atoms with Gasteiger partial charge in [-0.05, 0) is 38.6 Å². The lowest BCUT2D eigenvalue weighted by atomic mass is 10.1. The number of amides is 1. The fraction of sp³-hybridized carbons (Fsp3) is 0.533. The van der Waals surface area contributed by atoms with E-state index in [-0.39, 0.29) is 17.2 Å². The summed E-state index contributed by atoms with van der Waals surface area (Å²) in [6.45, 7) is 1.58. The summed E-state index contributed by atoms with van der Waals surface area (Å²) in [5.74, 6) is -1.88. The van der Waals surface area contributed by atoms with Crippen molar-refractivity contribution in [2.75, 3.05) is 39.5 Å². The van der Waals surface area contributed by atoms with E-state index in [1.54, 1.807) is 7.05 Å². The van der Waals surface area contributed by atoms with Gasteiger partial charge in [-0.3, -0.25) is 4.79 Å². The number of rotatable bonds is 4. The van der Waals surface area contributed by atoms with Gasteiger partial charge in [0.15, 0.2) is 0 Å². The predicted molar refractivity (Wildman–Crippen MR) is 78.5 cm³/mol. The lowest BCUT2D eigenvalue weighted by Gasteiger charge is -2.26. The third-order valence-corrected chi connectivity index (χ3v) is 4.04. The van der Waals surface area contributed by atoms with Gasteiger partial charge in [0.05, 0.1) is 0 Å². The molecule has 0 aromatic heterocycles. The summed E-state index contributed by atoms with van der Waals surface area (Å²) in [4.78, 5) is 16.0. The van der Waals surface area contributed by atoms with Crippen molar-refractivity contribution >= 4 is 11.6 Å². The molecule has 0 radical (unpaired) electrons. The van der Waals surface area contributed by atoms with Gasteiger partial charge < -0.3 is 15.1 Å². The van der Waals surface area contributed by atoms with Crippen LogP contribution in [0, 0.1) is 11.6 Å². The van der Waals surface area contributed by atoms with Gasteiger partial charge in [-0.2, -0.15) is 0 Å². The number of nitrogens with one attached hydrogen (secondary N) is 1. The van der Waals surface area contributed by atoms with Crippen LogP contribution in [0.4, 0.5) is 14.5 Å². The molecule has 6 heteroatoms. The van der Waals surface area contributed by atoms with Crippen LogP contribution in [0.3, 0.4) is 0 Å². The minimum atomic E-state index is -0.757. The fourth-order valence-electron chi connectivity index (χ4n) is 2.76. The van der Waals surface area contributed by atoms with Crippen LogP contribution in [0.1, 0.15) is 23.2 Å². The first-order valence-electron chi connectivity index (χ1n) is 7.06. The molecule has 1 fully saturated rings. The Bertz CT molecular complexity index is 513. The van der Waals surface area contributed by atoms with Crippen molar-refractivity contribution in [1.82, 2.24) is 9.80 Å². The molecule has 0 saturated carbocycles. The van der Waals surface area contributed by atoms with E-state index in [1.807, 2.05) is 7.05 Å². The van der Waals surface area contributed by atoms with Gasteiger partial charge >= 0.3 is 0 Å². The van der Waals surface area contributed by atoms with E-state index in [0.29, 0.717) is 12.6 Å². The van der Waals surface area contributed by atoms with E-state index in [1.165, 1.54) is 11.9 Å². The fourth-order valence-corrected chi connectivity index (χ4v) is 2.76. The van der Waals surface area contributed by atoms with Gasteiger partial charge in [0.1, 0.15) is 17.3 Å². The molecule has 116 valence electrons. The number of likely N-dealkylation sites (N-methyl/N-ethyl adjacent to an activating group) is 2. The van der Waals surface area contributed by atoms with Gasteiger partial charge in [0.2, 0.25) is 0 Å². The number of benzene rings is 1. The first-order chi connectivity index (χ1) is 9.93. The normalized spacial score (nSPS) is 18.8. The molecule has 1 heterocycles. The standard InChI is InChI=1S/C15H21F2N3O/c1-18-14-12(16)7-10(8-13(14)17)15(21)20(3)9-11-5-4-6-19(11)2/h7-8,11,18H,4-6,9H2,1-3H3. The van der Waals surface area contributed by atoms with Crippen molar-refractivity contribution in [2.45, 2.75) is 18.9 Å². The second-order valence-electron chi connectivity index (χ2n) is 5.53. The van der Waals surface area contributed by atoms with Crippen molar-refractivity contribution in [3.63, 3.8) is 0 Å². The molecule has 0 bridgehead atoms. The van der Waals surface area contributed by atoms with Crippen LogP contribution >= 0.6 is 0 Å². The van der Waals surface area contributed by atoms with E-state index < -0.39 is 11.6 Å². The maximum absolute atomic E-state index is 13.7. The Balaban J connectivity index is 2.12. The molecule has 0 aliphatic carbocycles. The van der Waals surface area contributed by atoms with Crippen molar-refractivity contribution in [3.05, 3.63) is 29.3 Å². The van der Waals surface area contributed by atoms with E-state index in [0.717, 1.165) is 31.5 Å². The van der Waals surface area contributed by atoms with Gasteiger partial charge in [0, 0.05) is 32.2 Å².